The van der Waals surface area contributed by atoms with Gasteiger partial charge in [0.15, 0.2) is 5.96 Å². The lowest BCUT2D eigenvalue weighted by atomic mass is 10.1. The first-order valence-corrected chi connectivity index (χ1v) is 11.1. The number of para-hydroxylation sites is 2. The summed E-state index contributed by atoms with van der Waals surface area (Å²) in [7, 11) is 0. The van der Waals surface area contributed by atoms with Gasteiger partial charge in [-0.05, 0) is 30.7 Å². The Labute approximate surface area is 184 Å². The first-order valence-electron chi connectivity index (χ1n) is 11.1. The molecule has 0 saturated carbocycles. The maximum Gasteiger partial charge on any atom is 0.229 e. The molecule has 4 rings (SSSR count). The third-order valence-corrected chi connectivity index (χ3v) is 5.63. The zero-order valence-corrected chi connectivity index (χ0v) is 18.1. The summed E-state index contributed by atoms with van der Waals surface area (Å²) < 4.78 is 5.49. The molecule has 1 atom stereocenters. The van der Waals surface area contributed by atoms with E-state index in [4.69, 9.17) is 9.73 Å². The number of carbonyl (C=O) groups excluding carboxylic acids is 1. The SMILES string of the molecule is CCNC(=NCc1ccccc1N1CCOCC1)NC1CC(=O)N(c2ccccc2)C1. The molecular weight excluding hydrogens is 390 g/mol. The highest BCUT2D eigenvalue weighted by atomic mass is 16.5. The summed E-state index contributed by atoms with van der Waals surface area (Å²) in [4.78, 5) is 21.6. The number of hydrogen-bond acceptors (Lipinski definition) is 4. The molecule has 164 valence electrons. The number of amides is 1. The van der Waals surface area contributed by atoms with Crippen LogP contribution in [0.4, 0.5) is 11.4 Å². The Morgan fingerprint density at radius 1 is 1.10 bits per heavy atom. The maximum atomic E-state index is 12.5. The van der Waals surface area contributed by atoms with Crippen molar-refractivity contribution >= 4 is 23.2 Å². The van der Waals surface area contributed by atoms with Gasteiger partial charge in [-0.1, -0.05) is 36.4 Å². The van der Waals surface area contributed by atoms with E-state index in [0.717, 1.165) is 44.5 Å². The number of nitrogens with one attached hydrogen (secondary N) is 2. The molecule has 0 radical (unpaired) electrons. The third kappa shape index (κ3) is 5.35. The van der Waals surface area contributed by atoms with Crippen LogP contribution in [0.3, 0.4) is 0 Å². The quantitative estimate of drug-likeness (QED) is 0.554. The molecule has 2 saturated heterocycles. The fourth-order valence-electron chi connectivity index (χ4n) is 4.10. The topological polar surface area (TPSA) is 69.2 Å². The van der Waals surface area contributed by atoms with Crippen molar-refractivity contribution in [3.63, 3.8) is 0 Å². The lowest BCUT2D eigenvalue weighted by Crippen LogP contribution is -2.44. The molecule has 0 aliphatic carbocycles. The monoisotopic (exact) mass is 421 g/mol. The molecule has 0 spiro atoms. The third-order valence-electron chi connectivity index (χ3n) is 5.63. The van der Waals surface area contributed by atoms with Crippen molar-refractivity contribution in [2.45, 2.75) is 25.9 Å². The largest absolute Gasteiger partial charge is 0.378 e. The number of anilines is 2. The molecular formula is C24H31N5O2. The highest BCUT2D eigenvalue weighted by Gasteiger charge is 2.31. The van der Waals surface area contributed by atoms with Crippen molar-refractivity contribution in [1.29, 1.82) is 0 Å². The summed E-state index contributed by atoms with van der Waals surface area (Å²) in [5, 5.41) is 6.78. The molecule has 1 amide bonds. The van der Waals surface area contributed by atoms with E-state index in [1.54, 1.807) is 0 Å². The number of morpholine rings is 1. The van der Waals surface area contributed by atoms with Gasteiger partial charge >= 0.3 is 0 Å². The number of guanidine groups is 1. The Balaban J connectivity index is 1.43. The number of benzene rings is 2. The molecule has 2 aromatic rings. The van der Waals surface area contributed by atoms with Gasteiger partial charge in [-0.3, -0.25) is 4.79 Å². The smallest absolute Gasteiger partial charge is 0.229 e. The van der Waals surface area contributed by atoms with Crippen molar-refractivity contribution in [3.05, 3.63) is 60.2 Å². The van der Waals surface area contributed by atoms with E-state index >= 15 is 0 Å². The van der Waals surface area contributed by atoms with Gasteiger partial charge < -0.3 is 25.2 Å². The van der Waals surface area contributed by atoms with Crippen LogP contribution in [-0.2, 0) is 16.1 Å². The Morgan fingerprint density at radius 3 is 2.61 bits per heavy atom. The molecule has 1 unspecified atom stereocenters. The first-order chi connectivity index (χ1) is 15.2. The summed E-state index contributed by atoms with van der Waals surface area (Å²) in [5.74, 6) is 0.879. The average Bonchev–Trinajstić information content (AvgIpc) is 3.19. The number of ether oxygens (including phenoxy) is 1. The minimum atomic E-state index is 0.0278. The number of carbonyl (C=O) groups is 1. The second-order valence-corrected chi connectivity index (χ2v) is 7.81. The molecule has 2 aromatic carbocycles. The van der Waals surface area contributed by atoms with E-state index in [1.807, 2.05) is 35.2 Å². The van der Waals surface area contributed by atoms with E-state index in [9.17, 15) is 4.79 Å². The Morgan fingerprint density at radius 2 is 1.84 bits per heavy atom. The minimum absolute atomic E-state index is 0.0278. The summed E-state index contributed by atoms with van der Waals surface area (Å²) in [5.41, 5.74) is 3.35. The van der Waals surface area contributed by atoms with Crippen LogP contribution in [0.2, 0.25) is 0 Å². The van der Waals surface area contributed by atoms with Crippen molar-refractivity contribution in [1.82, 2.24) is 10.6 Å². The van der Waals surface area contributed by atoms with Gasteiger partial charge in [0.2, 0.25) is 5.91 Å². The molecule has 31 heavy (non-hydrogen) atoms. The van der Waals surface area contributed by atoms with Gasteiger partial charge in [0, 0.05) is 44.0 Å². The number of nitrogens with zero attached hydrogens (tertiary/aromatic N) is 3. The van der Waals surface area contributed by atoms with Crippen LogP contribution in [0.5, 0.6) is 0 Å². The van der Waals surface area contributed by atoms with Gasteiger partial charge in [0.05, 0.1) is 25.8 Å². The molecule has 7 heteroatoms. The highest BCUT2D eigenvalue weighted by Crippen LogP contribution is 2.23. The van der Waals surface area contributed by atoms with Crippen LogP contribution in [-0.4, -0.2) is 57.3 Å². The fourth-order valence-corrected chi connectivity index (χ4v) is 4.10. The van der Waals surface area contributed by atoms with Crippen LogP contribution >= 0.6 is 0 Å². The predicted molar refractivity (Wildman–Crippen MR) is 125 cm³/mol. The van der Waals surface area contributed by atoms with Crippen LogP contribution < -0.4 is 20.4 Å². The van der Waals surface area contributed by atoms with E-state index in [0.29, 0.717) is 19.5 Å². The predicted octanol–water partition coefficient (Wildman–Crippen LogP) is 2.38. The van der Waals surface area contributed by atoms with Crippen LogP contribution in [0.1, 0.15) is 18.9 Å². The van der Waals surface area contributed by atoms with Crippen LogP contribution in [0, 0.1) is 0 Å². The van der Waals surface area contributed by atoms with Gasteiger partial charge in [-0.25, -0.2) is 4.99 Å². The second-order valence-electron chi connectivity index (χ2n) is 7.81. The van der Waals surface area contributed by atoms with Gasteiger partial charge in [-0.2, -0.15) is 0 Å². The fraction of sp³-hybridized carbons (Fsp3) is 0.417. The second kappa shape index (κ2) is 10.3. The summed E-state index contributed by atoms with van der Waals surface area (Å²) in [6.45, 7) is 7.35. The maximum absolute atomic E-state index is 12.5. The summed E-state index contributed by atoms with van der Waals surface area (Å²) >= 11 is 0. The lowest BCUT2D eigenvalue weighted by Gasteiger charge is -2.30. The normalized spacial score (nSPS) is 19.6. The van der Waals surface area contributed by atoms with Crippen molar-refractivity contribution in [2.24, 2.45) is 4.99 Å². The summed E-state index contributed by atoms with van der Waals surface area (Å²) in [6, 6.07) is 18.3. The van der Waals surface area contributed by atoms with E-state index in [-0.39, 0.29) is 11.9 Å². The van der Waals surface area contributed by atoms with E-state index < -0.39 is 0 Å². The van der Waals surface area contributed by atoms with Crippen molar-refractivity contribution in [3.8, 4) is 0 Å². The Kier molecular flexibility index (Phi) is 7.04. The molecule has 2 fully saturated rings. The molecule has 0 aromatic heterocycles. The molecule has 2 heterocycles. The Hall–Kier alpha value is -3.06. The number of aliphatic imine (C=N–C) groups is 1. The molecule has 7 nitrogen and oxygen atoms in total. The molecule has 2 aliphatic rings. The molecule has 2 N–H and O–H groups in total. The van der Waals surface area contributed by atoms with E-state index in [1.165, 1.54) is 11.3 Å². The van der Waals surface area contributed by atoms with E-state index in [2.05, 4.69) is 46.7 Å². The minimum Gasteiger partial charge on any atom is -0.378 e. The Bertz CT molecular complexity index is 896. The standard InChI is InChI=1S/C24H31N5O2/c1-2-25-24(27-20-16-23(30)29(18-20)21-9-4-3-5-10-21)26-17-19-8-6-7-11-22(19)28-12-14-31-15-13-28/h3-11,20H,2,12-18H2,1H3,(H2,25,26,27). The highest BCUT2D eigenvalue weighted by molar-refractivity contribution is 5.97. The lowest BCUT2D eigenvalue weighted by molar-refractivity contribution is -0.117. The van der Waals surface area contributed by atoms with Gasteiger partial charge in [0.1, 0.15) is 0 Å². The van der Waals surface area contributed by atoms with Crippen LogP contribution in [0.25, 0.3) is 0 Å². The first kappa shape index (κ1) is 21.2. The number of hydrogen-bond donors (Lipinski definition) is 2. The van der Waals surface area contributed by atoms with Gasteiger partial charge in [-0.15, -0.1) is 0 Å². The zero-order valence-electron chi connectivity index (χ0n) is 18.1. The van der Waals surface area contributed by atoms with Gasteiger partial charge in [0.25, 0.3) is 0 Å². The molecule has 2 aliphatic heterocycles. The summed E-state index contributed by atoms with van der Waals surface area (Å²) in [6.07, 6.45) is 0.462. The zero-order chi connectivity index (χ0) is 21.5. The van der Waals surface area contributed by atoms with Crippen molar-refractivity contribution < 1.29 is 9.53 Å². The average molecular weight is 422 g/mol. The van der Waals surface area contributed by atoms with Crippen LogP contribution in [0.15, 0.2) is 59.6 Å². The van der Waals surface area contributed by atoms with Crippen molar-refractivity contribution in [2.75, 3.05) is 49.2 Å². The number of rotatable bonds is 6. The molecule has 0 bridgehead atoms.